The van der Waals surface area contributed by atoms with Gasteiger partial charge in [0.25, 0.3) is 5.91 Å². The molecule has 0 atom stereocenters. The molecular formula is C13H14N2O2S. The number of furan rings is 1. The second-order valence-corrected chi connectivity index (χ2v) is 5.36. The Labute approximate surface area is 109 Å². The van der Waals surface area contributed by atoms with Crippen molar-refractivity contribution >= 4 is 22.9 Å². The monoisotopic (exact) mass is 262 g/mol. The predicted octanol–water partition coefficient (Wildman–Crippen LogP) is 2.73. The number of amides is 1. The largest absolute Gasteiger partial charge is 0.467 e. The van der Waals surface area contributed by atoms with E-state index in [0.29, 0.717) is 23.2 Å². The van der Waals surface area contributed by atoms with Gasteiger partial charge in [-0.2, -0.15) is 0 Å². The van der Waals surface area contributed by atoms with Crippen LogP contribution in [0.5, 0.6) is 0 Å². The second-order valence-electron chi connectivity index (χ2n) is 4.45. The number of rotatable bonds is 4. The number of thiophene rings is 1. The van der Waals surface area contributed by atoms with Gasteiger partial charge < -0.3 is 15.1 Å². The van der Waals surface area contributed by atoms with Crippen LogP contribution in [-0.4, -0.2) is 16.8 Å². The Kier molecular flexibility index (Phi) is 2.83. The zero-order chi connectivity index (χ0) is 12.5. The summed E-state index contributed by atoms with van der Waals surface area (Å²) < 4.78 is 5.32. The van der Waals surface area contributed by atoms with Gasteiger partial charge in [-0.05, 0) is 36.4 Å². The number of hydrogen-bond donors (Lipinski definition) is 1. The first kappa shape index (κ1) is 11.3. The zero-order valence-electron chi connectivity index (χ0n) is 9.83. The molecule has 1 saturated carbocycles. The highest BCUT2D eigenvalue weighted by atomic mass is 32.1. The van der Waals surface area contributed by atoms with E-state index in [2.05, 4.69) is 0 Å². The number of nitrogens with zero attached hydrogens (tertiary/aromatic N) is 1. The Morgan fingerprint density at radius 3 is 2.89 bits per heavy atom. The summed E-state index contributed by atoms with van der Waals surface area (Å²) in [4.78, 5) is 14.9. The molecular weight excluding hydrogens is 248 g/mol. The van der Waals surface area contributed by atoms with Gasteiger partial charge in [-0.3, -0.25) is 4.79 Å². The molecule has 0 radical (unpaired) electrons. The van der Waals surface area contributed by atoms with Crippen LogP contribution in [0.3, 0.4) is 0 Å². The van der Waals surface area contributed by atoms with E-state index in [-0.39, 0.29) is 5.91 Å². The van der Waals surface area contributed by atoms with Crippen LogP contribution < -0.4 is 5.73 Å². The second kappa shape index (κ2) is 4.49. The Morgan fingerprint density at radius 2 is 2.33 bits per heavy atom. The summed E-state index contributed by atoms with van der Waals surface area (Å²) in [5.41, 5.74) is 6.38. The summed E-state index contributed by atoms with van der Waals surface area (Å²) in [6.45, 7) is 0.522. The smallest absolute Gasteiger partial charge is 0.266 e. The molecule has 18 heavy (non-hydrogen) atoms. The molecule has 0 saturated heterocycles. The maximum atomic E-state index is 12.4. The minimum absolute atomic E-state index is 0.0152. The number of carbonyl (C=O) groups excluding carboxylic acids is 1. The number of hydrogen-bond acceptors (Lipinski definition) is 4. The molecule has 94 valence electrons. The van der Waals surface area contributed by atoms with Crippen LogP contribution in [0.2, 0.25) is 0 Å². The van der Waals surface area contributed by atoms with Crippen LogP contribution in [0.4, 0.5) is 5.69 Å². The highest BCUT2D eigenvalue weighted by molar-refractivity contribution is 7.12. The summed E-state index contributed by atoms with van der Waals surface area (Å²) in [5.74, 6) is 0.826. The number of carbonyl (C=O) groups is 1. The molecule has 1 fully saturated rings. The van der Waals surface area contributed by atoms with Crippen molar-refractivity contribution in [2.75, 3.05) is 5.73 Å². The lowest BCUT2D eigenvalue weighted by molar-refractivity contribution is 0.0723. The van der Waals surface area contributed by atoms with E-state index in [9.17, 15) is 4.79 Å². The normalized spacial score (nSPS) is 14.7. The third-order valence-electron chi connectivity index (χ3n) is 3.04. The summed E-state index contributed by atoms with van der Waals surface area (Å²) in [7, 11) is 0. The molecule has 1 aliphatic carbocycles. The molecule has 3 rings (SSSR count). The lowest BCUT2D eigenvalue weighted by Gasteiger charge is -2.20. The highest BCUT2D eigenvalue weighted by Gasteiger charge is 2.34. The van der Waals surface area contributed by atoms with Gasteiger partial charge >= 0.3 is 0 Å². The Morgan fingerprint density at radius 1 is 1.50 bits per heavy atom. The summed E-state index contributed by atoms with van der Waals surface area (Å²) in [6, 6.07) is 5.84. The van der Waals surface area contributed by atoms with Crippen LogP contribution in [0.1, 0.15) is 28.3 Å². The third kappa shape index (κ3) is 2.13. The van der Waals surface area contributed by atoms with E-state index < -0.39 is 0 Å². The van der Waals surface area contributed by atoms with E-state index in [1.807, 2.05) is 22.4 Å². The van der Waals surface area contributed by atoms with Gasteiger partial charge in [-0.25, -0.2) is 0 Å². The van der Waals surface area contributed by atoms with E-state index in [0.717, 1.165) is 18.6 Å². The van der Waals surface area contributed by atoms with Crippen molar-refractivity contribution in [1.82, 2.24) is 4.90 Å². The van der Waals surface area contributed by atoms with Crippen molar-refractivity contribution in [2.24, 2.45) is 0 Å². The number of anilines is 1. The topological polar surface area (TPSA) is 59.5 Å². The van der Waals surface area contributed by atoms with Gasteiger partial charge in [0.05, 0.1) is 18.5 Å². The molecule has 1 aliphatic rings. The van der Waals surface area contributed by atoms with Crippen LogP contribution in [0, 0.1) is 0 Å². The SMILES string of the molecule is Nc1ccsc1C(=O)N(Cc1ccco1)C1CC1. The molecule has 2 N–H and O–H groups in total. The molecule has 2 aromatic heterocycles. The molecule has 0 aliphatic heterocycles. The number of nitrogens with two attached hydrogens (primary N) is 1. The lowest BCUT2D eigenvalue weighted by atomic mass is 10.3. The third-order valence-corrected chi connectivity index (χ3v) is 3.96. The van der Waals surface area contributed by atoms with Crippen LogP contribution in [0.25, 0.3) is 0 Å². The van der Waals surface area contributed by atoms with Crippen LogP contribution in [0.15, 0.2) is 34.3 Å². The molecule has 5 heteroatoms. The fourth-order valence-electron chi connectivity index (χ4n) is 1.95. The standard InChI is InChI=1S/C13H14N2O2S/c14-11-5-7-18-12(11)13(16)15(9-3-4-9)8-10-2-1-6-17-10/h1-2,5-7,9H,3-4,8,14H2. The Balaban J connectivity index is 1.82. The first-order valence-corrected chi connectivity index (χ1v) is 6.80. The van der Waals surface area contributed by atoms with Gasteiger partial charge in [-0.1, -0.05) is 0 Å². The molecule has 1 amide bonds. The van der Waals surface area contributed by atoms with E-state index in [1.54, 1.807) is 12.3 Å². The highest BCUT2D eigenvalue weighted by Crippen LogP contribution is 2.32. The van der Waals surface area contributed by atoms with Gasteiger partial charge in [0.1, 0.15) is 10.6 Å². The molecule has 0 bridgehead atoms. The van der Waals surface area contributed by atoms with Gasteiger partial charge in [0.2, 0.25) is 0 Å². The van der Waals surface area contributed by atoms with E-state index in [4.69, 9.17) is 10.2 Å². The van der Waals surface area contributed by atoms with Crippen molar-refractivity contribution in [1.29, 1.82) is 0 Å². The minimum atomic E-state index is 0.0152. The van der Waals surface area contributed by atoms with Crippen molar-refractivity contribution in [3.8, 4) is 0 Å². The molecule has 2 heterocycles. The molecule has 0 unspecified atom stereocenters. The zero-order valence-corrected chi connectivity index (χ0v) is 10.7. The number of nitrogen functional groups attached to an aromatic ring is 1. The van der Waals surface area contributed by atoms with Crippen LogP contribution in [-0.2, 0) is 6.54 Å². The van der Waals surface area contributed by atoms with Crippen molar-refractivity contribution in [3.63, 3.8) is 0 Å². The first-order chi connectivity index (χ1) is 8.75. The average molecular weight is 262 g/mol. The van der Waals surface area contributed by atoms with Crippen molar-refractivity contribution in [2.45, 2.75) is 25.4 Å². The predicted molar refractivity (Wildman–Crippen MR) is 70.3 cm³/mol. The first-order valence-electron chi connectivity index (χ1n) is 5.92. The quantitative estimate of drug-likeness (QED) is 0.921. The minimum Gasteiger partial charge on any atom is -0.467 e. The summed E-state index contributed by atoms with van der Waals surface area (Å²) in [5, 5.41) is 1.85. The Bertz CT molecular complexity index is 543. The van der Waals surface area contributed by atoms with Gasteiger partial charge in [-0.15, -0.1) is 11.3 Å². The maximum absolute atomic E-state index is 12.4. The fourth-order valence-corrected chi connectivity index (χ4v) is 2.72. The van der Waals surface area contributed by atoms with Gasteiger partial charge in [0, 0.05) is 6.04 Å². The average Bonchev–Trinajstić information content (AvgIpc) is 2.89. The van der Waals surface area contributed by atoms with Crippen molar-refractivity contribution < 1.29 is 9.21 Å². The summed E-state index contributed by atoms with van der Waals surface area (Å²) in [6.07, 6.45) is 3.76. The van der Waals surface area contributed by atoms with E-state index >= 15 is 0 Å². The fraction of sp³-hybridized carbons (Fsp3) is 0.308. The van der Waals surface area contributed by atoms with E-state index in [1.165, 1.54) is 11.3 Å². The molecule has 2 aromatic rings. The molecule has 0 aromatic carbocycles. The Hall–Kier alpha value is -1.75. The lowest BCUT2D eigenvalue weighted by Crippen LogP contribution is -2.32. The molecule has 4 nitrogen and oxygen atoms in total. The van der Waals surface area contributed by atoms with Crippen LogP contribution >= 0.6 is 11.3 Å². The maximum Gasteiger partial charge on any atom is 0.266 e. The molecule has 0 spiro atoms. The summed E-state index contributed by atoms with van der Waals surface area (Å²) >= 11 is 1.40. The van der Waals surface area contributed by atoms with Gasteiger partial charge in [0.15, 0.2) is 0 Å². The van der Waals surface area contributed by atoms with Crippen molar-refractivity contribution in [3.05, 3.63) is 40.5 Å².